The van der Waals surface area contributed by atoms with Gasteiger partial charge in [-0.05, 0) is 24.3 Å². The van der Waals surface area contributed by atoms with Crippen LogP contribution in [0.25, 0.3) is 0 Å². The van der Waals surface area contributed by atoms with Crippen molar-refractivity contribution < 1.29 is 21.6 Å². The third-order valence-electron chi connectivity index (χ3n) is 3.66. The van der Waals surface area contributed by atoms with E-state index in [9.17, 15) is 16.8 Å². The molecule has 1 aromatic rings. The second kappa shape index (κ2) is 6.53. The fourth-order valence-corrected chi connectivity index (χ4v) is 4.05. The van der Waals surface area contributed by atoms with Gasteiger partial charge in [0.05, 0.1) is 10.1 Å². The summed E-state index contributed by atoms with van der Waals surface area (Å²) in [5, 5.41) is 4.75. The van der Waals surface area contributed by atoms with Gasteiger partial charge in [-0.25, -0.2) is 22.0 Å². The van der Waals surface area contributed by atoms with Gasteiger partial charge in [0.15, 0.2) is 9.84 Å². The lowest BCUT2D eigenvalue weighted by Crippen LogP contribution is -2.55. The second-order valence-electron chi connectivity index (χ2n) is 5.20. The minimum absolute atomic E-state index is 0.0372. The van der Waals surface area contributed by atoms with E-state index in [0.717, 1.165) is 0 Å². The van der Waals surface area contributed by atoms with Crippen molar-refractivity contribution in [1.29, 1.82) is 0 Å². The molecule has 2 rings (SSSR count). The molecule has 0 radical (unpaired) electrons. The number of rotatable bonds is 7. The normalized spacial score (nSPS) is 17.2. The summed E-state index contributed by atoms with van der Waals surface area (Å²) >= 11 is 0. The average molecular weight is 348 g/mol. The summed E-state index contributed by atoms with van der Waals surface area (Å²) in [6.07, 6.45) is 0. The van der Waals surface area contributed by atoms with Gasteiger partial charge >= 0.3 is 0 Å². The number of benzene rings is 1. The summed E-state index contributed by atoms with van der Waals surface area (Å²) in [5.74, 6) is 0.726. The maximum Gasteiger partial charge on any atom is 0.238 e. The van der Waals surface area contributed by atoms with Gasteiger partial charge in [0.2, 0.25) is 10.0 Å². The maximum atomic E-state index is 11.6. The number of hydrogen-bond donors (Lipinski definition) is 1. The number of hydrogen-bond acceptors (Lipinski definition) is 6. The summed E-state index contributed by atoms with van der Waals surface area (Å²) in [7, 11) is -6.63. The van der Waals surface area contributed by atoms with Crippen LogP contribution in [0.15, 0.2) is 29.2 Å². The van der Waals surface area contributed by atoms with Crippen LogP contribution in [0.1, 0.15) is 6.92 Å². The number of sulfonamides is 1. The average Bonchev–Trinajstić information content (AvgIpc) is 2.40. The van der Waals surface area contributed by atoms with E-state index in [2.05, 4.69) is 0 Å². The van der Waals surface area contributed by atoms with Crippen molar-refractivity contribution in [3.63, 3.8) is 0 Å². The zero-order valence-corrected chi connectivity index (χ0v) is 13.9. The number of nitrogens with zero attached hydrogens (tertiary/aromatic N) is 1. The number of ether oxygens (including phenoxy) is 1. The van der Waals surface area contributed by atoms with Crippen LogP contribution in [0.4, 0.5) is 0 Å². The van der Waals surface area contributed by atoms with E-state index in [4.69, 9.17) is 9.88 Å². The highest BCUT2D eigenvalue weighted by Crippen LogP contribution is 2.18. The Morgan fingerprint density at radius 1 is 1.18 bits per heavy atom. The molecule has 1 fully saturated rings. The number of likely N-dealkylation sites (tertiary alicyclic amines) is 1. The summed E-state index contributed by atoms with van der Waals surface area (Å²) in [4.78, 5) is 2.05. The molecular formula is C13H20N2O5S2. The van der Waals surface area contributed by atoms with Crippen molar-refractivity contribution in [2.75, 3.05) is 32.0 Å². The molecule has 0 spiro atoms. The van der Waals surface area contributed by atoms with Gasteiger partial charge in [0.25, 0.3) is 0 Å². The molecule has 0 aromatic heterocycles. The number of primary sulfonamides is 1. The molecule has 1 heterocycles. The number of nitrogens with two attached hydrogens (primary N) is 1. The van der Waals surface area contributed by atoms with E-state index < -0.39 is 19.9 Å². The molecule has 0 atom stereocenters. The SMILES string of the molecule is CCS(=O)(=O)C1CN(CCOc2ccc(S(N)(=O)=O)cc2)C1. The first-order valence-corrected chi connectivity index (χ1v) is 10.2. The molecule has 0 unspecified atom stereocenters. The summed E-state index contributed by atoms with van der Waals surface area (Å²) in [6.45, 7) is 3.79. The van der Waals surface area contributed by atoms with Crippen molar-refractivity contribution in [3.05, 3.63) is 24.3 Å². The van der Waals surface area contributed by atoms with Gasteiger partial charge in [0, 0.05) is 25.4 Å². The molecule has 22 heavy (non-hydrogen) atoms. The molecule has 2 N–H and O–H groups in total. The van der Waals surface area contributed by atoms with Crippen molar-refractivity contribution in [2.24, 2.45) is 5.14 Å². The number of sulfone groups is 1. The predicted molar refractivity (Wildman–Crippen MR) is 83.0 cm³/mol. The Bertz CT molecular complexity index is 707. The minimum atomic E-state index is -3.69. The van der Waals surface area contributed by atoms with Crippen molar-refractivity contribution in [3.8, 4) is 5.75 Å². The van der Waals surface area contributed by atoms with Crippen molar-refractivity contribution in [1.82, 2.24) is 4.90 Å². The minimum Gasteiger partial charge on any atom is -0.492 e. The van der Waals surface area contributed by atoms with Crippen LogP contribution in [0.2, 0.25) is 0 Å². The highest BCUT2D eigenvalue weighted by molar-refractivity contribution is 7.92. The lowest BCUT2D eigenvalue weighted by molar-refractivity contribution is 0.150. The summed E-state index contributed by atoms with van der Waals surface area (Å²) in [5.41, 5.74) is 0. The first-order valence-electron chi connectivity index (χ1n) is 6.92. The molecule has 0 aliphatic carbocycles. The quantitative estimate of drug-likeness (QED) is 0.733. The largest absolute Gasteiger partial charge is 0.492 e. The molecule has 1 aromatic carbocycles. The van der Waals surface area contributed by atoms with E-state index in [1.807, 2.05) is 4.90 Å². The molecular weight excluding hydrogens is 328 g/mol. The molecule has 9 heteroatoms. The van der Waals surface area contributed by atoms with Crippen LogP contribution in [0.3, 0.4) is 0 Å². The van der Waals surface area contributed by atoms with Crippen LogP contribution < -0.4 is 9.88 Å². The van der Waals surface area contributed by atoms with Gasteiger partial charge in [-0.1, -0.05) is 6.92 Å². The Labute approximate surface area is 131 Å². The molecule has 1 aliphatic heterocycles. The van der Waals surface area contributed by atoms with Gasteiger partial charge in [0.1, 0.15) is 12.4 Å². The fourth-order valence-electron chi connectivity index (χ4n) is 2.19. The Kier molecular flexibility index (Phi) is 5.10. The van der Waals surface area contributed by atoms with Crippen LogP contribution in [-0.2, 0) is 19.9 Å². The van der Waals surface area contributed by atoms with E-state index in [-0.39, 0.29) is 15.9 Å². The third-order valence-corrected chi connectivity index (χ3v) is 6.71. The molecule has 0 saturated carbocycles. The van der Waals surface area contributed by atoms with Crippen molar-refractivity contribution in [2.45, 2.75) is 17.1 Å². The van der Waals surface area contributed by atoms with Crippen molar-refractivity contribution >= 4 is 19.9 Å². The zero-order valence-electron chi connectivity index (χ0n) is 12.3. The van der Waals surface area contributed by atoms with E-state index in [1.165, 1.54) is 12.1 Å². The van der Waals surface area contributed by atoms with Gasteiger partial charge in [-0.2, -0.15) is 0 Å². The molecule has 1 aliphatic rings. The van der Waals surface area contributed by atoms with Crippen LogP contribution >= 0.6 is 0 Å². The Hall–Kier alpha value is -1.16. The van der Waals surface area contributed by atoms with Crippen LogP contribution in [0, 0.1) is 0 Å². The fraction of sp³-hybridized carbons (Fsp3) is 0.538. The lowest BCUT2D eigenvalue weighted by atomic mass is 10.2. The van der Waals surface area contributed by atoms with E-state index >= 15 is 0 Å². The monoisotopic (exact) mass is 348 g/mol. The molecule has 0 amide bonds. The van der Waals surface area contributed by atoms with Crippen LogP contribution in [-0.4, -0.2) is 59.0 Å². The highest BCUT2D eigenvalue weighted by atomic mass is 32.2. The smallest absolute Gasteiger partial charge is 0.238 e. The van der Waals surface area contributed by atoms with E-state index in [1.54, 1.807) is 19.1 Å². The van der Waals surface area contributed by atoms with Crippen LogP contribution in [0.5, 0.6) is 5.75 Å². The standard InChI is InChI=1S/C13H20N2O5S2/c1-2-21(16,17)13-9-15(10-13)7-8-20-11-3-5-12(6-4-11)22(14,18)19/h3-6,13H,2,7-10H2,1H3,(H2,14,18,19). The van der Waals surface area contributed by atoms with Gasteiger partial charge in [-0.15, -0.1) is 0 Å². The molecule has 1 saturated heterocycles. The topological polar surface area (TPSA) is 107 Å². The molecule has 7 nitrogen and oxygen atoms in total. The lowest BCUT2D eigenvalue weighted by Gasteiger charge is -2.38. The second-order valence-corrected chi connectivity index (χ2v) is 9.33. The summed E-state index contributed by atoms with van der Waals surface area (Å²) < 4.78 is 51.0. The van der Waals surface area contributed by atoms with E-state index in [0.29, 0.717) is 32.0 Å². The third kappa shape index (κ3) is 4.19. The Balaban J connectivity index is 1.75. The Morgan fingerprint density at radius 2 is 1.77 bits per heavy atom. The zero-order chi connectivity index (χ0) is 16.4. The van der Waals surface area contributed by atoms with Gasteiger partial charge in [-0.3, -0.25) is 4.90 Å². The van der Waals surface area contributed by atoms with Gasteiger partial charge < -0.3 is 4.74 Å². The summed E-state index contributed by atoms with van der Waals surface area (Å²) in [6, 6.07) is 5.86. The predicted octanol–water partition coefficient (Wildman–Crippen LogP) is -0.168. The first kappa shape index (κ1) is 17.2. The molecule has 124 valence electrons. The first-order chi connectivity index (χ1) is 10.2. The highest BCUT2D eigenvalue weighted by Gasteiger charge is 2.35. The maximum absolute atomic E-state index is 11.6. The molecule has 0 bridgehead atoms. The Morgan fingerprint density at radius 3 is 2.27 bits per heavy atom.